The van der Waals surface area contributed by atoms with Crippen molar-refractivity contribution in [3.05, 3.63) is 18.5 Å². The second-order valence-electron chi connectivity index (χ2n) is 5.79. The number of hydrogen-bond acceptors (Lipinski definition) is 3. The van der Waals surface area contributed by atoms with Gasteiger partial charge in [0.05, 0.1) is 24.2 Å². The summed E-state index contributed by atoms with van der Waals surface area (Å²) in [6.07, 6.45) is 8.12. The Morgan fingerprint density at radius 3 is 2.81 bits per heavy atom. The van der Waals surface area contributed by atoms with Gasteiger partial charge in [-0.2, -0.15) is 5.10 Å². The smallest absolute Gasteiger partial charge is 0.315 e. The highest BCUT2D eigenvalue weighted by Crippen LogP contribution is 2.27. The van der Waals surface area contributed by atoms with E-state index in [4.69, 9.17) is 4.74 Å². The van der Waals surface area contributed by atoms with Crippen LogP contribution in [0.25, 0.3) is 0 Å². The lowest BCUT2D eigenvalue weighted by Gasteiger charge is -2.33. The Morgan fingerprint density at radius 2 is 2.14 bits per heavy atom. The van der Waals surface area contributed by atoms with Gasteiger partial charge in [-0.25, -0.2) is 4.79 Å². The Hall–Kier alpha value is -1.56. The van der Waals surface area contributed by atoms with Crippen LogP contribution in [0.4, 0.5) is 4.79 Å². The fourth-order valence-electron chi connectivity index (χ4n) is 2.81. The lowest BCUT2D eigenvalue weighted by atomic mass is 9.90. The highest BCUT2D eigenvalue weighted by molar-refractivity contribution is 5.74. The highest BCUT2D eigenvalue weighted by atomic mass is 16.5. The van der Waals surface area contributed by atoms with Crippen molar-refractivity contribution in [3.63, 3.8) is 0 Å². The number of urea groups is 1. The molecular formula is C15H26N4O2. The van der Waals surface area contributed by atoms with Crippen molar-refractivity contribution in [2.45, 2.75) is 63.8 Å². The molecule has 1 aromatic heterocycles. The predicted molar refractivity (Wildman–Crippen MR) is 81.1 cm³/mol. The molecule has 0 bridgehead atoms. The Morgan fingerprint density at radius 1 is 1.38 bits per heavy atom. The summed E-state index contributed by atoms with van der Waals surface area (Å²) in [6, 6.07) is 2.14. The molecule has 6 heteroatoms. The van der Waals surface area contributed by atoms with Crippen molar-refractivity contribution in [1.82, 2.24) is 20.4 Å². The number of rotatable bonds is 5. The summed E-state index contributed by atoms with van der Waals surface area (Å²) in [4.78, 5) is 12.1. The summed E-state index contributed by atoms with van der Waals surface area (Å²) in [7, 11) is 1.65. The third-order valence-corrected chi connectivity index (χ3v) is 4.35. The van der Waals surface area contributed by atoms with Gasteiger partial charge in [-0.15, -0.1) is 0 Å². The molecule has 1 fully saturated rings. The maximum absolute atomic E-state index is 12.1. The number of carbonyl (C=O) groups excluding carboxylic acids is 1. The summed E-state index contributed by atoms with van der Waals surface area (Å²) in [5.74, 6) is 0. The number of aromatic nitrogens is 2. The number of nitrogens with one attached hydrogen (secondary N) is 2. The van der Waals surface area contributed by atoms with Crippen LogP contribution in [0.3, 0.4) is 0 Å². The van der Waals surface area contributed by atoms with Crippen molar-refractivity contribution in [2.75, 3.05) is 7.11 Å². The van der Waals surface area contributed by atoms with E-state index in [1.54, 1.807) is 13.3 Å². The van der Waals surface area contributed by atoms with Crippen LogP contribution in [0.1, 0.15) is 45.6 Å². The van der Waals surface area contributed by atoms with Crippen molar-refractivity contribution in [2.24, 2.45) is 0 Å². The molecule has 0 aliphatic heterocycles. The number of hydrogen-bond donors (Lipinski definition) is 2. The molecule has 6 nitrogen and oxygen atoms in total. The molecule has 0 spiro atoms. The zero-order valence-electron chi connectivity index (χ0n) is 13.1. The maximum Gasteiger partial charge on any atom is 0.315 e. The summed E-state index contributed by atoms with van der Waals surface area (Å²) < 4.78 is 7.19. The van der Waals surface area contributed by atoms with E-state index >= 15 is 0 Å². The van der Waals surface area contributed by atoms with Crippen LogP contribution in [0.5, 0.6) is 0 Å². The first kappa shape index (κ1) is 15.8. The number of nitrogens with zero attached hydrogens (tertiary/aromatic N) is 2. The topological polar surface area (TPSA) is 68.2 Å². The molecule has 2 rings (SSSR count). The molecule has 1 saturated carbocycles. The number of amides is 2. The molecular weight excluding hydrogens is 268 g/mol. The molecule has 1 aliphatic rings. The fraction of sp³-hybridized carbons (Fsp3) is 0.733. The third-order valence-electron chi connectivity index (χ3n) is 4.35. The number of methoxy groups -OCH3 is 1. The van der Waals surface area contributed by atoms with E-state index in [-0.39, 0.29) is 30.3 Å². The van der Waals surface area contributed by atoms with Gasteiger partial charge in [0.1, 0.15) is 0 Å². The van der Waals surface area contributed by atoms with E-state index in [1.807, 2.05) is 30.8 Å². The molecule has 1 heterocycles. The van der Waals surface area contributed by atoms with Crippen molar-refractivity contribution < 1.29 is 9.53 Å². The Labute approximate surface area is 126 Å². The summed E-state index contributed by atoms with van der Waals surface area (Å²) in [5.41, 5.74) is 0. The number of carbonyl (C=O) groups is 1. The minimum absolute atomic E-state index is 0.0102. The van der Waals surface area contributed by atoms with Crippen LogP contribution in [0, 0.1) is 0 Å². The second-order valence-corrected chi connectivity index (χ2v) is 5.79. The zero-order chi connectivity index (χ0) is 15.2. The number of ether oxygens (including phenoxy) is 1. The fourth-order valence-corrected chi connectivity index (χ4v) is 2.81. The van der Waals surface area contributed by atoms with Gasteiger partial charge in [-0.1, -0.05) is 12.8 Å². The van der Waals surface area contributed by atoms with Crippen molar-refractivity contribution in [1.29, 1.82) is 0 Å². The minimum atomic E-state index is -0.129. The maximum atomic E-state index is 12.1. The average molecular weight is 294 g/mol. The Kier molecular flexibility index (Phi) is 5.61. The lowest BCUT2D eigenvalue weighted by molar-refractivity contribution is 0.0905. The van der Waals surface area contributed by atoms with E-state index in [9.17, 15) is 4.79 Å². The summed E-state index contributed by atoms with van der Waals surface area (Å²) >= 11 is 0. The van der Waals surface area contributed by atoms with Gasteiger partial charge in [-0.3, -0.25) is 4.68 Å². The highest BCUT2D eigenvalue weighted by Gasteiger charge is 2.28. The summed E-state index contributed by atoms with van der Waals surface area (Å²) in [5, 5.41) is 10.4. The van der Waals surface area contributed by atoms with Gasteiger partial charge < -0.3 is 15.4 Å². The lowest BCUT2D eigenvalue weighted by Crippen LogP contribution is -2.51. The molecule has 0 saturated heterocycles. The van der Waals surface area contributed by atoms with Crippen LogP contribution >= 0.6 is 0 Å². The SMILES string of the molecule is CO[C@H](C)[C@H](C)NC(=O)N[C@@H]1CCCC[C@H]1n1cccn1. The molecule has 0 aromatic carbocycles. The predicted octanol–water partition coefficient (Wildman–Crippen LogP) is 2.09. The van der Waals surface area contributed by atoms with E-state index in [1.165, 1.54) is 6.42 Å². The molecule has 4 atom stereocenters. The van der Waals surface area contributed by atoms with Gasteiger partial charge in [0, 0.05) is 19.5 Å². The Balaban J connectivity index is 1.91. The van der Waals surface area contributed by atoms with Crippen molar-refractivity contribution >= 4 is 6.03 Å². The summed E-state index contributed by atoms with van der Waals surface area (Å²) in [6.45, 7) is 3.89. The first-order chi connectivity index (χ1) is 10.1. The van der Waals surface area contributed by atoms with Crippen LogP contribution in [0.15, 0.2) is 18.5 Å². The van der Waals surface area contributed by atoms with Crippen LogP contribution in [0.2, 0.25) is 0 Å². The molecule has 1 aliphatic carbocycles. The first-order valence-electron chi connectivity index (χ1n) is 7.70. The standard InChI is InChI=1S/C15H26N4O2/c1-11(12(2)21-3)17-15(20)18-13-7-4-5-8-14(13)19-10-6-9-16-19/h6,9-14H,4-5,7-8H2,1-3H3,(H2,17,18,20)/t11-,12+,13+,14+/m0/s1. The van der Waals surface area contributed by atoms with Gasteiger partial charge >= 0.3 is 6.03 Å². The van der Waals surface area contributed by atoms with Gasteiger partial charge in [0.25, 0.3) is 0 Å². The van der Waals surface area contributed by atoms with E-state index in [2.05, 4.69) is 15.7 Å². The minimum Gasteiger partial charge on any atom is -0.380 e. The monoisotopic (exact) mass is 294 g/mol. The largest absolute Gasteiger partial charge is 0.380 e. The Bertz CT molecular complexity index is 435. The second kappa shape index (κ2) is 7.45. The van der Waals surface area contributed by atoms with Crippen LogP contribution < -0.4 is 10.6 Å². The van der Waals surface area contributed by atoms with E-state index < -0.39 is 0 Å². The third kappa shape index (κ3) is 4.20. The van der Waals surface area contributed by atoms with E-state index in [0.29, 0.717) is 0 Å². The van der Waals surface area contributed by atoms with Crippen LogP contribution in [-0.4, -0.2) is 41.1 Å². The first-order valence-corrected chi connectivity index (χ1v) is 7.70. The molecule has 2 amide bonds. The molecule has 118 valence electrons. The quantitative estimate of drug-likeness (QED) is 0.873. The zero-order valence-corrected chi connectivity index (χ0v) is 13.1. The molecule has 2 N–H and O–H groups in total. The normalized spacial score (nSPS) is 25.1. The van der Waals surface area contributed by atoms with Gasteiger partial charge in [0.15, 0.2) is 0 Å². The van der Waals surface area contributed by atoms with Gasteiger partial charge in [-0.05, 0) is 32.8 Å². The average Bonchev–Trinajstić information content (AvgIpc) is 3.00. The van der Waals surface area contributed by atoms with Crippen molar-refractivity contribution in [3.8, 4) is 0 Å². The molecule has 0 radical (unpaired) electrons. The molecule has 0 unspecified atom stereocenters. The molecule has 21 heavy (non-hydrogen) atoms. The van der Waals surface area contributed by atoms with Crippen LogP contribution in [-0.2, 0) is 4.74 Å². The van der Waals surface area contributed by atoms with Gasteiger partial charge in [0.2, 0.25) is 0 Å². The van der Waals surface area contributed by atoms with E-state index in [0.717, 1.165) is 19.3 Å². The molecule has 1 aromatic rings.